The normalized spacial score (nSPS) is 37.1. The molecule has 31 heavy (non-hydrogen) atoms. The van der Waals surface area contributed by atoms with Crippen LogP contribution >= 0.6 is 0 Å². The van der Waals surface area contributed by atoms with E-state index in [1.807, 2.05) is 0 Å². The molecular weight excluding hydrogens is 388 g/mol. The lowest BCUT2D eigenvalue weighted by Gasteiger charge is -2.48. The first-order valence-electron chi connectivity index (χ1n) is 12.7. The number of carbonyl (C=O) groups excluding carboxylic acids is 2. The molecule has 0 amide bonds. The summed E-state index contributed by atoms with van der Waals surface area (Å²) in [5.41, 5.74) is 2.04. The first kappa shape index (κ1) is 24.3. The maximum atomic E-state index is 11.7. The Morgan fingerprint density at radius 3 is 2.58 bits per heavy atom. The maximum absolute atomic E-state index is 11.7. The van der Waals surface area contributed by atoms with Gasteiger partial charge in [-0.05, 0) is 92.8 Å². The Morgan fingerprint density at radius 2 is 1.87 bits per heavy atom. The number of hydrogen-bond donors (Lipinski definition) is 0. The third-order valence-corrected chi connectivity index (χ3v) is 9.01. The quantitative estimate of drug-likeness (QED) is 0.369. The van der Waals surface area contributed by atoms with Crippen LogP contribution in [0.15, 0.2) is 11.6 Å². The van der Waals surface area contributed by atoms with Crippen molar-refractivity contribution in [3.63, 3.8) is 0 Å². The van der Waals surface area contributed by atoms with Crippen LogP contribution in [0.5, 0.6) is 0 Å². The van der Waals surface area contributed by atoms with Gasteiger partial charge < -0.3 is 9.47 Å². The summed E-state index contributed by atoms with van der Waals surface area (Å²) in [5, 5.41) is 0. The van der Waals surface area contributed by atoms with Crippen LogP contribution in [-0.4, -0.2) is 25.2 Å². The molecule has 7 atom stereocenters. The molecule has 3 aliphatic carbocycles. The minimum atomic E-state index is -0.140. The smallest absolute Gasteiger partial charge is 0.305 e. The number of fused-ring (bicyclic) bond motifs is 3. The SMILES string of the molecule is COC(=O)CCC(C)C1CCC2C3CCCCC(OC(C)=O)CCC(C)C3=CCC12C. The van der Waals surface area contributed by atoms with Gasteiger partial charge in [0.05, 0.1) is 7.11 Å². The predicted molar refractivity (Wildman–Crippen MR) is 123 cm³/mol. The van der Waals surface area contributed by atoms with Crippen molar-refractivity contribution in [1.82, 2.24) is 0 Å². The topological polar surface area (TPSA) is 52.6 Å². The third kappa shape index (κ3) is 5.54. The predicted octanol–water partition coefficient (Wildman–Crippen LogP) is 6.48. The van der Waals surface area contributed by atoms with Crippen molar-refractivity contribution in [2.75, 3.05) is 7.11 Å². The van der Waals surface area contributed by atoms with Crippen LogP contribution in [0, 0.1) is 35.0 Å². The van der Waals surface area contributed by atoms with Crippen LogP contribution in [0.2, 0.25) is 0 Å². The molecule has 0 radical (unpaired) electrons. The zero-order valence-corrected chi connectivity index (χ0v) is 20.5. The van der Waals surface area contributed by atoms with Crippen LogP contribution in [0.3, 0.4) is 0 Å². The maximum Gasteiger partial charge on any atom is 0.305 e. The molecule has 0 aromatic rings. The summed E-state index contributed by atoms with van der Waals surface area (Å²) in [7, 11) is 1.49. The van der Waals surface area contributed by atoms with Gasteiger partial charge in [-0.3, -0.25) is 9.59 Å². The molecule has 0 aliphatic heterocycles. The van der Waals surface area contributed by atoms with Gasteiger partial charge in [0.15, 0.2) is 0 Å². The van der Waals surface area contributed by atoms with Crippen molar-refractivity contribution in [1.29, 1.82) is 0 Å². The van der Waals surface area contributed by atoms with E-state index in [-0.39, 0.29) is 18.0 Å². The molecule has 0 heterocycles. The molecule has 0 aromatic carbocycles. The average Bonchev–Trinajstić information content (AvgIpc) is 3.09. The number of methoxy groups -OCH3 is 1. The van der Waals surface area contributed by atoms with Crippen LogP contribution in [0.1, 0.15) is 98.3 Å². The summed E-state index contributed by atoms with van der Waals surface area (Å²) < 4.78 is 10.5. The van der Waals surface area contributed by atoms with E-state index in [1.54, 1.807) is 5.57 Å². The van der Waals surface area contributed by atoms with E-state index in [1.165, 1.54) is 46.1 Å². The fraction of sp³-hybridized carbons (Fsp3) is 0.852. The van der Waals surface area contributed by atoms with E-state index in [2.05, 4.69) is 26.8 Å². The molecule has 4 heteroatoms. The van der Waals surface area contributed by atoms with Gasteiger partial charge in [-0.25, -0.2) is 0 Å². The first-order chi connectivity index (χ1) is 14.8. The van der Waals surface area contributed by atoms with Gasteiger partial charge >= 0.3 is 11.9 Å². The van der Waals surface area contributed by atoms with Crippen LogP contribution in [0.25, 0.3) is 0 Å². The van der Waals surface area contributed by atoms with Gasteiger partial charge in [-0.1, -0.05) is 38.8 Å². The zero-order chi connectivity index (χ0) is 22.6. The van der Waals surface area contributed by atoms with Gasteiger partial charge in [0.25, 0.3) is 0 Å². The minimum absolute atomic E-state index is 0.0782. The molecular formula is C27H44O4. The highest BCUT2D eigenvalue weighted by Crippen LogP contribution is 2.61. The number of hydrogen-bond acceptors (Lipinski definition) is 4. The molecule has 0 saturated heterocycles. The average molecular weight is 433 g/mol. The summed E-state index contributed by atoms with van der Waals surface area (Å²) in [5.74, 6) is 3.08. The van der Waals surface area contributed by atoms with Crippen molar-refractivity contribution in [3.8, 4) is 0 Å². The monoisotopic (exact) mass is 432 g/mol. The fourth-order valence-electron chi connectivity index (χ4n) is 7.33. The lowest BCUT2D eigenvalue weighted by Crippen LogP contribution is -2.40. The molecule has 3 aliphatic rings. The number of allylic oxidation sites excluding steroid dienone is 2. The lowest BCUT2D eigenvalue weighted by molar-refractivity contribution is -0.147. The Bertz CT molecular complexity index is 668. The van der Waals surface area contributed by atoms with Crippen molar-refractivity contribution in [2.45, 2.75) is 104 Å². The van der Waals surface area contributed by atoms with Gasteiger partial charge in [0.1, 0.15) is 6.10 Å². The van der Waals surface area contributed by atoms with Gasteiger partial charge in [0, 0.05) is 13.3 Å². The van der Waals surface area contributed by atoms with Crippen molar-refractivity contribution in [2.24, 2.45) is 35.0 Å². The molecule has 4 nitrogen and oxygen atoms in total. The summed E-state index contributed by atoms with van der Waals surface area (Å²) >= 11 is 0. The number of ether oxygens (including phenoxy) is 2. The van der Waals surface area contributed by atoms with E-state index >= 15 is 0 Å². The Kier molecular flexibility index (Phi) is 8.26. The van der Waals surface area contributed by atoms with Crippen molar-refractivity contribution < 1.29 is 19.1 Å². The highest BCUT2D eigenvalue weighted by atomic mass is 16.5. The molecule has 0 bridgehead atoms. The van der Waals surface area contributed by atoms with E-state index in [0.717, 1.165) is 38.0 Å². The second-order valence-electron chi connectivity index (χ2n) is 10.9. The van der Waals surface area contributed by atoms with E-state index in [4.69, 9.17) is 9.47 Å². The lowest BCUT2D eigenvalue weighted by atomic mass is 9.57. The van der Waals surface area contributed by atoms with Gasteiger partial charge in [-0.15, -0.1) is 0 Å². The summed E-state index contributed by atoms with van der Waals surface area (Å²) in [4.78, 5) is 23.1. The summed E-state index contributed by atoms with van der Waals surface area (Å²) in [6.45, 7) is 8.81. The number of rotatable bonds is 5. The minimum Gasteiger partial charge on any atom is -0.469 e. The second-order valence-corrected chi connectivity index (χ2v) is 10.9. The largest absolute Gasteiger partial charge is 0.469 e. The Labute approximate surface area is 189 Å². The molecule has 2 fully saturated rings. The fourth-order valence-corrected chi connectivity index (χ4v) is 7.33. The van der Waals surface area contributed by atoms with Crippen molar-refractivity contribution >= 4 is 11.9 Å². The molecule has 176 valence electrons. The number of carbonyl (C=O) groups is 2. The Balaban J connectivity index is 1.72. The first-order valence-corrected chi connectivity index (χ1v) is 12.7. The third-order valence-electron chi connectivity index (χ3n) is 9.01. The Hall–Kier alpha value is -1.32. The second kappa shape index (κ2) is 10.5. The Morgan fingerprint density at radius 1 is 1.13 bits per heavy atom. The zero-order valence-electron chi connectivity index (χ0n) is 20.5. The molecule has 0 N–H and O–H groups in total. The van der Waals surface area contributed by atoms with E-state index in [0.29, 0.717) is 35.5 Å². The molecule has 7 unspecified atom stereocenters. The van der Waals surface area contributed by atoms with Crippen LogP contribution in [-0.2, 0) is 19.1 Å². The standard InChI is InChI=1S/C27H44O4/c1-18-10-12-21(31-20(3)28)8-6-7-9-23-22(18)16-17-27(4)24(13-14-25(23)27)19(2)11-15-26(29)30-5/h16,18-19,21,23-25H,6-15,17H2,1-5H3. The van der Waals surface area contributed by atoms with Crippen LogP contribution < -0.4 is 0 Å². The summed E-state index contributed by atoms with van der Waals surface area (Å²) in [6.07, 6.45) is 14.7. The van der Waals surface area contributed by atoms with E-state index < -0.39 is 0 Å². The van der Waals surface area contributed by atoms with Gasteiger partial charge in [-0.2, -0.15) is 0 Å². The number of esters is 2. The van der Waals surface area contributed by atoms with Crippen LogP contribution in [0.4, 0.5) is 0 Å². The summed E-state index contributed by atoms with van der Waals surface area (Å²) in [6, 6.07) is 0. The van der Waals surface area contributed by atoms with Crippen molar-refractivity contribution in [3.05, 3.63) is 11.6 Å². The molecule has 2 saturated carbocycles. The molecule has 3 rings (SSSR count). The highest BCUT2D eigenvalue weighted by molar-refractivity contribution is 5.69. The molecule has 0 spiro atoms. The molecule has 0 aromatic heterocycles. The van der Waals surface area contributed by atoms with E-state index in [9.17, 15) is 9.59 Å². The highest BCUT2D eigenvalue weighted by Gasteiger charge is 2.52. The van der Waals surface area contributed by atoms with Gasteiger partial charge in [0.2, 0.25) is 0 Å².